The normalized spacial score (nSPS) is 16.3. The van der Waals surface area contributed by atoms with Crippen LogP contribution in [-0.4, -0.2) is 39.1 Å². The van der Waals surface area contributed by atoms with Crippen LogP contribution in [0.25, 0.3) is 0 Å². The Bertz CT molecular complexity index is 873. The summed E-state index contributed by atoms with van der Waals surface area (Å²) in [5.41, 5.74) is 6.61. The van der Waals surface area contributed by atoms with Crippen molar-refractivity contribution in [1.29, 1.82) is 0 Å². The van der Waals surface area contributed by atoms with Crippen molar-refractivity contribution in [3.8, 4) is 0 Å². The summed E-state index contributed by atoms with van der Waals surface area (Å²) in [6.07, 6.45) is 16.5. The molecule has 35 heavy (non-hydrogen) atoms. The number of nitrogens with zero attached hydrogens (tertiary/aromatic N) is 4. The first kappa shape index (κ1) is 30.6. The van der Waals surface area contributed by atoms with E-state index in [4.69, 9.17) is 0 Å². The summed E-state index contributed by atoms with van der Waals surface area (Å²) in [7, 11) is 0. The van der Waals surface area contributed by atoms with Crippen molar-refractivity contribution in [1.82, 2.24) is 14.8 Å². The second-order valence-corrected chi connectivity index (χ2v) is 11.1. The molecule has 0 spiro atoms. The van der Waals surface area contributed by atoms with Crippen LogP contribution < -0.4 is 0 Å². The molecule has 0 aliphatic carbocycles. The molecular weight excluding hydrogens is 448 g/mol. The zero-order valence-electron chi connectivity index (χ0n) is 24.1. The van der Waals surface area contributed by atoms with E-state index in [2.05, 4.69) is 140 Å². The van der Waals surface area contributed by atoms with E-state index in [0.29, 0.717) is 18.1 Å². The monoisotopic (exact) mass is 496 g/mol. The average Bonchev–Trinajstić information content (AvgIpc) is 3.31. The highest BCUT2D eigenvalue weighted by molar-refractivity contribution is 8.06. The molecule has 0 saturated heterocycles. The van der Waals surface area contributed by atoms with Crippen molar-refractivity contribution < 1.29 is 0 Å². The zero-order valence-corrected chi connectivity index (χ0v) is 24.9. The second-order valence-electron chi connectivity index (χ2n) is 10.2. The zero-order chi connectivity index (χ0) is 26.7. The molecule has 3 heterocycles. The Morgan fingerprint density at radius 1 is 0.657 bits per heavy atom. The van der Waals surface area contributed by atoms with Crippen LogP contribution in [0.3, 0.4) is 0 Å². The molecule has 0 aromatic carbocycles. The van der Waals surface area contributed by atoms with Gasteiger partial charge in [-0.25, -0.2) is 0 Å². The van der Waals surface area contributed by atoms with Crippen LogP contribution >= 0.6 is 11.8 Å². The van der Waals surface area contributed by atoms with Crippen molar-refractivity contribution in [2.45, 2.75) is 101 Å². The van der Waals surface area contributed by atoms with E-state index in [-0.39, 0.29) is 0 Å². The maximum absolute atomic E-state index is 4.30. The van der Waals surface area contributed by atoms with E-state index < -0.39 is 0 Å². The van der Waals surface area contributed by atoms with Crippen molar-refractivity contribution in [3.05, 3.63) is 81.3 Å². The summed E-state index contributed by atoms with van der Waals surface area (Å²) in [5.74, 6) is 0. The first-order valence-electron chi connectivity index (χ1n) is 12.7. The van der Waals surface area contributed by atoms with E-state index in [1.54, 1.807) is 0 Å². The molecule has 0 aromatic rings. The number of allylic oxidation sites excluding steroid dienone is 8. The molecule has 3 rings (SSSR count). The fraction of sp³-hybridized carbons (Fsp3) is 0.500. The molecular formula is C30H48N4S. The summed E-state index contributed by atoms with van der Waals surface area (Å²) in [6.45, 7) is 25.9. The van der Waals surface area contributed by atoms with Gasteiger partial charge in [-0.3, -0.25) is 5.01 Å². The lowest BCUT2D eigenvalue weighted by atomic mass is 10.1. The van der Waals surface area contributed by atoms with Gasteiger partial charge in [0.1, 0.15) is 0 Å². The molecule has 0 N–H and O–H groups in total. The minimum absolute atomic E-state index is 0.427. The van der Waals surface area contributed by atoms with E-state index >= 15 is 0 Å². The molecule has 4 nitrogen and oxygen atoms in total. The molecule has 0 fully saturated rings. The summed E-state index contributed by atoms with van der Waals surface area (Å²) < 4.78 is 0. The summed E-state index contributed by atoms with van der Waals surface area (Å²) >= 11 is 1.81. The number of thioether (sulfide) groups is 1. The van der Waals surface area contributed by atoms with Gasteiger partial charge in [-0.05, 0) is 118 Å². The summed E-state index contributed by atoms with van der Waals surface area (Å²) in [4.78, 5) is 4.59. The fourth-order valence-electron chi connectivity index (χ4n) is 3.59. The maximum Gasteiger partial charge on any atom is 0.0779 e. The quantitative estimate of drug-likeness (QED) is 0.389. The van der Waals surface area contributed by atoms with E-state index in [0.717, 1.165) is 0 Å². The van der Waals surface area contributed by atoms with Gasteiger partial charge in [-0.15, -0.1) is 0 Å². The average molecular weight is 497 g/mol. The van der Waals surface area contributed by atoms with Crippen LogP contribution in [0.4, 0.5) is 0 Å². The number of hydrazone groups is 1. The first-order chi connectivity index (χ1) is 16.4. The smallest absolute Gasteiger partial charge is 0.0779 e. The van der Waals surface area contributed by atoms with Crippen molar-refractivity contribution in [2.75, 3.05) is 0 Å². The largest absolute Gasteiger partial charge is 0.346 e. The van der Waals surface area contributed by atoms with Crippen LogP contribution in [0.2, 0.25) is 0 Å². The third-order valence-corrected chi connectivity index (χ3v) is 6.46. The highest BCUT2D eigenvalue weighted by Crippen LogP contribution is 2.33. The Morgan fingerprint density at radius 3 is 1.63 bits per heavy atom. The molecule has 3 aliphatic heterocycles. The predicted octanol–water partition coefficient (Wildman–Crippen LogP) is 8.79. The molecule has 194 valence electrons. The van der Waals surface area contributed by atoms with Crippen LogP contribution in [0.15, 0.2) is 86.4 Å². The first-order valence-corrected chi connectivity index (χ1v) is 13.5. The molecule has 0 saturated carbocycles. The minimum Gasteiger partial charge on any atom is -0.346 e. The van der Waals surface area contributed by atoms with Crippen LogP contribution in [0.1, 0.15) is 83.1 Å². The van der Waals surface area contributed by atoms with Gasteiger partial charge < -0.3 is 9.80 Å². The van der Waals surface area contributed by atoms with Gasteiger partial charge in [-0.2, -0.15) is 5.10 Å². The standard InChI is InChI=1S/C11H17N.C10H16N2.C9H15NS/c1-9(2)11-7-5-6-8-12(11)10(3)4;1-8(2)10-6-5-7-11-12(10)9(3)4;1-7(2)9-10(8(3)4)5-6-11-9/h5-8,10H,1-4H3;5-7,9H,1-4H3;5-6,8H,1-4H3. The molecule has 0 amide bonds. The van der Waals surface area contributed by atoms with E-state index in [1.165, 1.54) is 33.1 Å². The second kappa shape index (κ2) is 14.9. The van der Waals surface area contributed by atoms with E-state index in [9.17, 15) is 0 Å². The number of rotatable bonds is 3. The SMILES string of the molecule is CC(C)=C1C=CC=CN1C(C)C.CC(C)=C1C=CC=NN1C(C)C.CC(C)=C1SC=CN1C(C)C. The van der Waals surface area contributed by atoms with Crippen molar-refractivity contribution in [2.24, 2.45) is 5.10 Å². The number of hydrogen-bond acceptors (Lipinski definition) is 5. The van der Waals surface area contributed by atoms with Gasteiger partial charge in [-0.1, -0.05) is 29.0 Å². The topological polar surface area (TPSA) is 22.1 Å². The van der Waals surface area contributed by atoms with Gasteiger partial charge in [0.15, 0.2) is 0 Å². The van der Waals surface area contributed by atoms with E-state index in [1.807, 2.05) is 29.1 Å². The Kier molecular flexibility index (Phi) is 13.0. The van der Waals surface area contributed by atoms with Crippen molar-refractivity contribution >= 4 is 18.0 Å². The Morgan fingerprint density at radius 2 is 1.23 bits per heavy atom. The van der Waals surface area contributed by atoms with Gasteiger partial charge in [0.25, 0.3) is 0 Å². The van der Waals surface area contributed by atoms with Crippen molar-refractivity contribution in [3.63, 3.8) is 0 Å². The highest BCUT2D eigenvalue weighted by atomic mass is 32.2. The Labute approximate surface area is 220 Å². The highest BCUT2D eigenvalue weighted by Gasteiger charge is 2.16. The molecule has 0 aromatic heterocycles. The summed E-state index contributed by atoms with van der Waals surface area (Å²) in [5, 5.41) is 9.86. The lowest BCUT2D eigenvalue weighted by Crippen LogP contribution is -2.26. The minimum atomic E-state index is 0.427. The molecule has 3 aliphatic rings. The summed E-state index contributed by atoms with van der Waals surface area (Å²) in [6, 6.07) is 1.54. The van der Waals surface area contributed by atoms with Gasteiger partial charge >= 0.3 is 0 Å². The Hall–Kier alpha value is -2.40. The molecule has 0 unspecified atom stereocenters. The molecule has 0 atom stereocenters. The lowest BCUT2D eigenvalue weighted by molar-refractivity contribution is 0.304. The number of hydrogen-bond donors (Lipinski definition) is 0. The maximum atomic E-state index is 4.30. The lowest BCUT2D eigenvalue weighted by Gasteiger charge is -2.28. The van der Waals surface area contributed by atoms with Gasteiger partial charge in [0.05, 0.1) is 10.7 Å². The van der Waals surface area contributed by atoms with Gasteiger partial charge in [0, 0.05) is 42.4 Å². The third kappa shape index (κ3) is 9.64. The molecule has 0 radical (unpaired) electrons. The third-order valence-electron chi connectivity index (χ3n) is 5.36. The van der Waals surface area contributed by atoms with Crippen LogP contribution in [-0.2, 0) is 0 Å². The van der Waals surface area contributed by atoms with Crippen LogP contribution in [0, 0.1) is 0 Å². The van der Waals surface area contributed by atoms with Gasteiger partial charge in [0.2, 0.25) is 0 Å². The fourth-order valence-corrected chi connectivity index (χ4v) is 4.54. The molecule has 0 bridgehead atoms. The molecule has 5 heteroatoms. The van der Waals surface area contributed by atoms with Crippen LogP contribution in [0.5, 0.6) is 0 Å². The predicted molar refractivity (Wildman–Crippen MR) is 159 cm³/mol. The Balaban J connectivity index is 0.000000263.